The lowest BCUT2D eigenvalue weighted by atomic mass is 9.94. The molecule has 0 bridgehead atoms. The molecule has 0 aromatic heterocycles. The lowest BCUT2D eigenvalue weighted by Crippen LogP contribution is -2.47. The zero-order chi connectivity index (χ0) is 31.6. The first kappa shape index (κ1) is 33.2. The van der Waals surface area contributed by atoms with Crippen LogP contribution in [0.1, 0.15) is 62.8 Å². The van der Waals surface area contributed by atoms with E-state index >= 15 is 0 Å². The number of nitrogens with zero attached hydrogens (tertiary/aromatic N) is 2. The largest absolute Gasteiger partial charge is 0.455 e. The Labute approximate surface area is 271 Å². The van der Waals surface area contributed by atoms with E-state index in [4.69, 9.17) is 4.74 Å². The number of carbonyl (C=O) groups is 2. The van der Waals surface area contributed by atoms with Gasteiger partial charge in [-0.25, -0.2) is 8.42 Å². The molecule has 0 saturated carbocycles. The Balaban J connectivity index is 1.72. The molecule has 1 aliphatic heterocycles. The van der Waals surface area contributed by atoms with Gasteiger partial charge in [-0.1, -0.05) is 71.7 Å². The second-order valence-electron chi connectivity index (χ2n) is 11.0. The van der Waals surface area contributed by atoms with Crippen molar-refractivity contribution in [2.24, 2.45) is 0 Å². The third-order valence-electron chi connectivity index (χ3n) is 7.69. The number of fused-ring (bicyclic) bond motifs is 1. The van der Waals surface area contributed by atoms with Gasteiger partial charge in [-0.15, -0.1) is 0 Å². The smallest absolute Gasteiger partial charge is 0.314 e. The number of ether oxygens (including phenoxy) is 1. The Bertz CT molecular complexity index is 1650. The van der Waals surface area contributed by atoms with E-state index in [1.807, 2.05) is 58.0 Å². The number of hydrogen-bond acceptors (Lipinski definition) is 5. The molecule has 1 unspecified atom stereocenters. The number of nitrogens with one attached hydrogen (secondary N) is 1. The maximum Gasteiger partial charge on any atom is 0.314 e. The lowest BCUT2D eigenvalue weighted by Gasteiger charge is -2.35. The molecule has 0 radical (unpaired) electrons. The molecule has 230 valence electrons. The van der Waals surface area contributed by atoms with Crippen LogP contribution in [-0.2, 0) is 32.6 Å². The van der Waals surface area contributed by atoms with Crippen molar-refractivity contribution >= 4 is 59.4 Å². The maximum absolute atomic E-state index is 13.6. The van der Waals surface area contributed by atoms with E-state index in [-0.39, 0.29) is 47.9 Å². The van der Waals surface area contributed by atoms with Gasteiger partial charge in [0.25, 0.3) is 0 Å². The number of halogens is 2. The van der Waals surface area contributed by atoms with Crippen molar-refractivity contribution in [1.29, 1.82) is 0 Å². The predicted molar refractivity (Wildman–Crippen MR) is 176 cm³/mol. The summed E-state index contributed by atoms with van der Waals surface area (Å²) < 4.78 is 36.2. The van der Waals surface area contributed by atoms with E-state index in [9.17, 15) is 18.0 Å². The molecular weight excluding hydrogens is 698 g/mol. The lowest BCUT2D eigenvalue weighted by molar-refractivity contribution is -0.145. The monoisotopic (exact) mass is 733 g/mol. The molecule has 1 aliphatic rings. The van der Waals surface area contributed by atoms with Gasteiger partial charge in [-0.3, -0.25) is 9.59 Å². The van der Waals surface area contributed by atoms with Crippen LogP contribution in [0.25, 0.3) is 0 Å². The van der Waals surface area contributed by atoms with E-state index in [1.165, 1.54) is 27.4 Å². The molecule has 0 spiro atoms. The van der Waals surface area contributed by atoms with Crippen LogP contribution in [0.5, 0.6) is 11.5 Å². The van der Waals surface area contributed by atoms with Crippen LogP contribution < -0.4 is 10.1 Å². The summed E-state index contributed by atoms with van der Waals surface area (Å²) in [7, 11) is -3.85. The Kier molecular flexibility index (Phi) is 10.4. The number of carbonyl (C=O) groups excluding carboxylic acids is 2. The standard InChI is InChI=1S/C32H37Br2N3O5S/c1-7-36(8-2)43(40,41)22-10-14-29(42-30-15-20(5)9-11-23(30)19(3)4)28(17-22)35-31(38)32(39)37-18-25-24(16-21(37)6)26(33)12-13-27(25)34/h9-15,17,19,21H,7-8,16,18H2,1-6H3,(H,35,38). The summed E-state index contributed by atoms with van der Waals surface area (Å²) in [6.07, 6.45) is 0.575. The Morgan fingerprint density at radius 3 is 2.28 bits per heavy atom. The highest BCUT2D eigenvalue weighted by Crippen LogP contribution is 2.38. The molecule has 0 saturated heterocycles. The van der Waals surface area contributed by atoms with Gasteiger partial charge < -0.3 is 15.0 Å². The highest BCUT2D eigenvalue weighted by Gasteiger charge is 2.33. The van der Waals surface area contributed by atoms with Crippen molar-refractivity contribution in [3.8, 4) is 11.5 Å². The number of anilines is 1. The second kappa shape index (κ2) is 13.5. The van der Waals surface area contributed by atoms with Crippen molar-refractivity contribution in [2.45, 2.75) is 71.4 Å². The number of aryl methyl sites for hydroxylation is 1. The third-order valence-corrected chi connectivity index (χ3v) is 11.2. The third kappa shape index (κ3) is 7.00. The molecule has 4 rings (SSSR count). The van der Waals surface area contributed by atoms with Gasteiger partial charge in [0.05, 0.1) is 10.6 Å². The number of rotatable bonds is 8. The molecule has 1 N–H and O–H groups in total. The topological polar surface area (TPSA) is 96.0 Å². The Morgan fingerprint density at radius 2 is 1.65 bits per heavy atom. The summed E-state index contributed by atoms with van der Waals surface area (Å²) in [5, 5.41) is 2.69. The molecular formula is C32H37Br2N3O5S. The van der Waals surface area contributed by atoms with Gasteiger partial charge in [0, 0.05) is 34.6 Å². The van der Waals surface area contributed by atoms with Gasteiger partial charge in [-0.2, -0.15) is 4.31 Å². The first-order valence-electron chi connectivity index (χ1n) is 14.3. The second-order valence-corrected chi connectivity index (χ2v) is 14.6. The van der Waals surface area contributed by atoms with Crippen molar-refractivity contribution in [3.63, 3.8) is 0 Å². The van der Waals surface area contributed by atoms with E-state index < -0.39 is 21.8 Å². The van der Waals surface area contributed by atoms with Crippen molar-refractivity contribution in [1.82, 2.24) is 9.21 Å². The fourth-order valence-electron chi connectivity index (χ4n) is 5.23. The number of amides is 2. The number of sulfonamides is 1. The average molecular weight is 736 g/mol. The van der Waals surface area contributed by atoms with Gasteiger partial charge in [0.15, 0.2) is 5.75 Å². The normalized spacial score (nSPS) is 15.0. The molecule has 0 aliphatic carbocycles. The Hall–Kier alpha value is -2.73. The van der Waals surface area contributed by atoms with Crippen LogP contribution in [0.4, 0.5) is 5.69 Å². The molecule has 43 heavy (non-hydrogen) atoms. The van der Waals surface area contributed by atoms with E-state index in [0.717, 1.165) is 31.2 Å². The fourth-order valence-corrected chi connectivity index (χ4v) is 7.75. The molecule has 11 heteroatoms. The maximum atomic E-state index is 13.6. The van der Waals surface area contributed by atoms with Gasteiger partial charge >= 0.3 is 11.8 Å². The van der Waals surface area contributed by atoms with E-state index in [2.05, 4.69) is 37.2 Å². The van der Waals surface area contributed by atoms with Crippen molar-refractivity contribution < 1.29 is 22.7 Å². The molecule has 2 amide bonds. The Morgan fingerprint density at radius 1 is 1.00 bits per heavy atom. The highest BCUT2D eigenvalue weighted by molar-refractivity contribution is 9.11. The average Bonchev–Trinajstić information content (AvgIpc) is 2.95. The minimum atomic E-state index is -3.85. The quantitative estimate of drug-likeness (QED) is 0.244. The minimum Gasteiger partial charge on any atom is -0.455 e. The SMILES string of the molecule is CCN(CC)S(=O)(=O)c1ccc(Oc2cc(C)ccc2C(C)C)c(NC(=O)C(=O)N2Cc3c(Br)ccc(Br)c3CC2C)c1. The summed E-state index contributed by atoms with van der Waals surface area (Å²) in [6.45, 7) is 12.3. The summed E-state index contributed by atoms with van der Waals surface area (Å²) >= 11 is 7.18. The number of benzene rings is 3. The predicted octanol–water partition coefficient (Wildman–Crippen LogP) is 7.38. The minimum absolute atomic E-state index is 0.00586. The fraction of sp³-hybridized carbons (Fsp3) is 0.375. The number of hydrogen-bond donors (Lipinski definition) is 1. The molecule has 0 fully saturated rings. The van der Waals surface area contributed by atoms with Crippen molar-refractivity contribution in [2.75, 3.05) is 18.4 Å². The molecule has 8 nitrogen and oxygen atoms in total. The molecule has 3 aromatic rings. The van der Waals surface area contributed by atoms with Crippen LogP contribution in [0.15, 0.2) is 62.4 Å². The first-order chi connectivity index (χ1) is 20.3. The van der Waals surface area contributed by atoms with Crippen LogP contribution >= 0.6 is 31.9 Å². The molecule has 3 aromatic carbocycles. The van der Waals surface area contributed by atoms with E-state index in [0.29, 0.717) is 12.2 Å². The zero-order valence-corrected chi connectivity index (χ0v) is 29.2. The van der Waals surface area contributed by atoms with Gasteiger partial charge in [0.2, 0.25) is 10.0 Å². The van der Waals surface area contributed by atoms with Crippen LogP contribution in [0.2, 0.25) is 0 Å². The summed E-state index contributed by atoms with van der Waals surface area (Å²) in [6, 6.07) is 13.9. The van der Waals surface area contributed by atoms with Crippen LogP contribution in [-0.4, -0.2) is 48.6 Å². The van der Waals surface area contributed by atoms with E-state index in [1.54, 1.807) is 13.8 Å². The summed E-state index contributed by atoms with van der Waals surface area (Å²) in [5.74, 6) is -0.618. The highest BCUT2D eigenvalue weighted by atomic mass is 79.9. The van der Waals surface area contributed by atoms with Crippen LogP contribution in [0.3, 0.4) is 0 Å². The summed E-state index contributed by atoms with van der Waals surface area (Å²) in [5.41, 5.74) is 4.06. The first-order valence-corrected chi connectivity index (χ1v) is 17.3. The molecule has 1 atom stereocenters. The van der Waals surface area contributed by atoms with Crippen LogP contribution in [0, 0.1) is 6.92 Å². The van der Waals surface area contributed by atoms with Crippen molar-refractivity contribution in [3.05, 3.63) is 79.7 Å². The molecule has 1 heterocycles. The van der Waals surface area contributed by atoms with Gasteiger partial charge in [0.1, 0.15) is 5.75 Å². The van der Waals surface area contributed by atoms with Gasteiger partial charge in [-0.05, 0) is 84.8 Å². The summed E-state index contributed by atoms with van der Waals surface area (Å²) in [4.78, 5) is 28.6. The zero-order valence-electron chi connectivity index (χ0n) is 25.2.